The second kappa shape index (κ2) is 10.6. The number of rotatable bonds is 7. The molecule has 0 aliphatic carbocycles. The highest BCUT2D eigenvalue weighted by Crippen LogP contribution is 2.23. The third kappa shape index (κ3) is 5.71. The van der Waals surface area contributed by atoms with Gasteiger partial charge in [-0.05, 0) is 30.3 Å². The summed E-state index contributed by atoms with van der Waals surface area (Å²) in [5, 5.41) is 7.46. The second-order valence-corrected chi connectivity index (χ2v) is 7.61. The van der Waals surface area contributed by atoms with Crippen molar-refractivity contribution in [3.05, 3.63) is 78.9 Å². The zero-order chi connectivity index (χ0) is 23.9. The number of hydrogen-bond donors (Lipinski definition) is 2. The number of pyridine rings is 1. The number of halogens is 1. The van der Waals surface area contributed by atoms with Gasteiger partial charge in [-0.1, -0.05) is 12.1 Å². The topological polar surface area (TPSA) is 113 Å². The molecule has 0 radical (unpaired) electrons. The molecule has 1 aliphatic heterocycles. The highest BCUT2D eigenvalue weighted by atomic mass is 19.1. The number of benzene rings is 1. The van der Waals surface area contributed by atoms with E-state index in [9.17, 15) is 4.39 Å². The Labute approximate surface area is 201 Å². The quantitative estimate of drug-likeness (QED) is 0.309. The Morgan fingerprint density at radius 2 is 1.91 bits per heavy atom. The monoisotopic (exact) mass is 471 g/mol. The van der Waals surface area contributed by atoms with E-state index in [1.54, 1.807) is 18.6 Å². The Kier molecular flexibility index (Phi) is 6.76. The summed E-state index contributed by atoms with van der Waals surface area (Å²) >= 11 is 0. The van der Waals surface area contributed by atoms with Crippen LogP contribution in [0.4, 0.5) is 27.5 Å². The molecule has 176 valence electrons. The van der Waals surface area contributed by atoms with Crippen LogP contribution in [0.5, 0.6) is 0 Å². The van der Waals surface area contributed by atoms with E-state index in [1.807, 2.05) is 47.4 Å². The first-order valence-corrected chi connectivity index (χ1v) is 11.0. The molecule has 0 unspecified atom stereocenters. The summed E-state index contributed by atoms with van der Waals surface area (Å²) in [6, 6.07) is 13.5. The van der Waals surface area contributed by atoms with Gasteiger partial charge in [-0.3, -0.25) is 4.98 Å². The minimum absolute atomic E-state index is 0.200. The van der Waals surface area contributed by atoms with E-state index in [-0.39, 0.29) is 11.8 Å². The minimum Gasteiger partial charge on any atom is -0.378 e. The summed E-state index contributed by atoms with van der Waals surface area (Å²) in [4.78, 5) is 22.6. The number of morpholine rings is 1. The lowest BCUT2D eigenvalue weighted by Gasteiger charge is -2.27. The van der Waals surface area contributed by atoms with E-state index < -0.39 is 5.82 Å². The van der Waals surface area contributed by atoms with Gasteiger partial charge in [0.2, 0.25) is 5.95 Å². The summed E-state index contributed by atoms with van der Waals surface area (Å²) < 4.78 is 19.5. The summed E-state index contributed by atoms with van der Waals surface area (Å²) in [6.07, 6.45) is 7.63. The molecule has 4 heterocycles. The zero-order valence-corrected chi connectivity index (χ0v) is 18.7. The van der Waals surface area contributed by atoms with Crippen molar-refractivity contribution >= 4 is 29.4 Å². The molecule has 1 aliphatic rings. The summed E-state index contributed by atoms with van der Waals surface area (Å²) in [7, 11) is 0. The molecule has 1 fully saturated rings. The highest BCUT2D eigenvalue weighted by Gasteiger charge is 2.17. The Morgan fingerprint density at radius 3 is 2.71 bits per heavy atom. The Morgan fingerprint density at radius 1 is 1.00 bits per heavy atom. The third-order valence-electron chi connectivity index (χ3n) is 5.21. The van der Waals surface area contributed by atoms with E-state index in [0.717, 1.165) is 28.8 Å². The number of aromatic nitrogens is 5. The second-order valence-electron chi connectivity index (χ2n) is 7.61. The molecule has 0 amide bonds. The molecule has 5 rings (SSSR count). The molecule has 0 spiro atoms. The van der Waals surface area contributed by atoms with Gasteiger partial charge in [0.1, 0.15) is 6.33 Å². The van der Waals surface area contributed by atoms with Gasteiger partial charge in [0, 0.05) is 30.5 Å². The van der Waals surface area contributed by atoms with Gasteiger partial charge >= 0.3 is 0 Å². The summed E-state index contributed by atoms with van der Waals surface area (Å²) in [5.41, 5.74) is 6.94. The number of hydrazone groups is 1. The van der Waals surface area contributed by atoms with Crippen LogP contribution in [-0.2, 0) is 4.74 Å². The first-order valence-electron chi connectivity index (χ1n) is 11.0. The molecular formula is C24H22FN9O. The average molecular weight is 472 g/mol. The maximum atomic E-state index is 14.1. The molecule has 35 heavy (non-hydrogen) atoms. The van der Waals surface area contributed by atoms with E-state index in [4.69, 9.17) is 4.74 Å². The van der Waals surface area contributed by atoms with E-state index in [0.29, 0.717) is 32.0 Å². The number of nitrogens with one attached hydrogen (secondary N) is 2. The number of nitrogens with zero attached hydrogens (tertiary/aromatic N) is 7. The standard InChI is InChI=1S/C24H22FN9O/c25-21-15-28-24(32-23(21)34-8-10-35-11-9-34)33-30-14-19-4-5-20(13-27-19)31-18-3-1-2-17(12-18)22-6-7-26-16-29-22/h1-7,12-16,31H,8-11H2,(H,28,32,33)/b30-14+. The molecule has 0 atom stereocenters. The molecular weight excluding hydrogens is 449 g/mol. The lowest BCUT2D eigenvalue weighted by Crippen LogP contribution is -2.37. The maximum Gasteiger partial charge on any atom is 0.245 e. The first kappa shape index (κ1) is 22.3. The van der Waals surface area contributed by atoms with E-state index in [2.05, 4.69) is 40.8 Å². The van der Waals surface area contributed by atoms with Crippen LogP contribution < -0.4 is 15.6 Å². The largest absolute Gasteiger partial charge is 0.378 e. The van der Waals surface area contributed by atoms with Crippen LogP contribution in [0.3, 0.4) is 0 Å². The molecule has 1 aromatic carbocycles. The molecule has 10 nitrogen and oxygen atoms in total. The zero-order valence-electron chi connectivity index (χ0n) is 18.7. The minimum atomic E-state index is -0.478. The Hall–Kier alpha value is -4.51. The lowest BCUT2D eigenvalue weighted by atomic mass is 10.1. The van der Waals surface area contributed by atoms with Gasteiger partial charge < -0.3 is 15.0 Å². The first-order chi connectivity index (χ1) is 17.2. The molecule has 11 heteroatoms. The fourth-order valence-electron chi connectivity index (χ4n) is 3.51. The van der Waals surface area contributed by atoms with Gasteiger partial charge in [0.25, 0.3) is 0 Å². The molecule has 4 aromatic rings. The van der Waals surface area contributed by atoms with Crippen LogP contribution in [0, 0.1) is 5.82 Å². The van der Waals surface area contributed by atoms with Crippen LogP contribution in [0.2, 0.25) is 0 Å². The van der Waals surface area contributed by atoms with E-state index >= 15 is 0 Å². The van der Waals surface area contributed by atoms with Gasteiger partial charge in [0.15, 0.2) is 11.6 Å². The highest BCUT2D eigenvalue weighted by molar-refractivity contribution is 5.78. The van der Waals surface area contributed by atoms with Crippen LogP contribution in [0.1, 0.15) is 5.69 Å². The fraction of sp³-hybridized carbons (Fsp3) is 0.167. The fourth-order valence-corrected chi connectivity index (χ4v) is 3.51. The van der Waals surface area contributed by atoms with Crippen molar-refractivity contribution in [2.24, 2.45) is 5.10 Å². The third-order valence-corrected chi connectivity index (χ3v) is 5.21. The number of hydrogen-bond acceptors (Lipinski definition) is 10. The summed E-state index contributed by atoms with van der Waals surface area (Å²) in [6.45, 7) is 2.22. The number of anilines is 4. The van der Waals surface area contributed by atoms with Crippen molar-refractivity contribution in [3.8, 4) is 11.3 Å². The van der Waals surface area contributed by atoms with Crippen molar-refractivity contribution in [1.29, 1.82) is 0 Å². The SMILES string of the molecule is Fc1cnc(N/N=C/c2ccc(Nc3cccc(-c4ccncn4)c3)cn2)nc1N1CCOCC1. The van der Waals surface area contributed by atoms with Crippen LogP contribution in [0.25, 0.3) is 11.3 Å². The predicted molar refractivity (Wildman–Crippen MR) is 131 cm³/mol. The molecule has 2 N–H and O–H groups in total. The normalized spacial score (nSPS) is 13.7. The molecule has 0 bridgehead atoms. The van der Waals surface area contributed by atoms with E-state index in [1.165, 1.54) is 6.33 Å². The van der Waals surface area contributed by atoms with Crippen LogP contribution >= 0.6 is 0 Å². The van der Waals surface area contributed by atoms with Crippen molar-refractivity contribution in [2.45, 2.75) is 0 Å². The number of ether oxygens (including phenoxy) is 1. The smallest absolute Gasteiger partial charge is 0.245 e. The lowest BCUT2D eigenvalue weighted by molar-refractivity contribution is 0.122. The average Bonchev–Trinajstić information content (AvgIpc) is 2.92. The van der Waals surface area contributed by atoms with Crippen molar-refractivity contribution in [3.63, 3.8) is 0 Å². The van der Waals surface area contributed by atoms with Gasteiger partial charge in [-0.25, -0.2) is 24.8 Å². The molecule has 0 saturated carbocycles. The van der Waals surface area contributed by atoms with Crippen molar-refractivity contribution < 1.29 is 9.13 Å². The predicted octanol–water partition coefficient (Wildman–Crippen LogP) is 3.49. The van der Waals surface area contributed by atoms with Crippen LogP contribution in [-0.4, -0.2) is 57.4 Å². The van der Waals surface area contributed by atoms with Gasteiger partial charge in [-0.15, -0.1) is 0 Å². The van der Waals surface area contributed by atoms with Gasteiger partial charge in [0.05, 0.1) is 48.9 Å². The Bertz CT molecular complexity index is 1300. The van der Waals surface area contributed by atoms with Gasteiger partial charge in [-0.2, -0.15) is 10.1 Å². The summed E-state index contributed by atoms with van der Waals surface area (Å²) in [5.74, 6) is -0.0434. The maximum absolute atomic E-state index is 14.1. The Balaban J connectivity index is 1.20. The molecule has 3 aromatic heterocycles. The van der Waals surface area contributed by atoms with Crippen molar-refractivity contribution in [2.75, 3.05) is 41.9 Å². The molecule has 1 saturated heterocycles. The van der Waals surface area contributed by atoms with Crippen molar-refractivity contribution in [1.82, 2.24) is 24.9 Å². The van der Waals surface area contributed by atoms with Crippen LogP contribution in [0.15, 0.2) is 72.5 Å².